The number of esters is 1. The second-order valence-corrected chi connectivity index (χ2v) is 6.59. The van der Waals surface area contributed by atoms with Gasteiger partial charge in [-0.25, -0.2) is 9.79 Å². The standard InChI is InChI=1S/C18H20N2O5S/c1-5-25-17(22)14-10(2)19-18-20(13(21)9-26-18)15(14)11-7-6-8-12(23-3)16(11)24-4/h6-8,15H,5,9H2,1-4H3/t15-/m1/s1. The maximum absolute atomic E-state index is 12.7. The average molecular weight is 376 g/mol. The van der Waals surface area contributed by atoms with E-state index in [1.807, 2.05) is 6.07 Å². The van der Waals surface area contributed by atoms with Crippen LogP contribution in [0.4, 0.5) is 0 Å². The van der Waals surface area contributed by atoms with Crippen LogP contribution < -0.4 is 9.47 Å². The predicted octanol–water partition coefficient (Wildman–Crippen LogP) is 2.53. The van der Waals surface area contributed by atoms with Gasteiger partial charge in [0.15, 0.2) is 16.7 Å². The molecule has 7 nitrogen and oxygen atoms in total. The van der Waals surface area contributed by atoms with Gasteiger partial charge < -0.3 is 14.2 Å². The number of allylic oxidation sites excluding steroid dienone is 1. The quantitative estimate of drug-likeness (QED) is 0.735. The molecule has 8 heteroatoms. The van der Waals surface area contributed by atoms with Crippen molar-refractivity contribution in [2.75, 3.05) is 26.6 Å². The molecule has 26 heavy (non-hydrogen) atoms. The highest BCUT2D eigenvalue weighted by atomic mass is 32.2. The van der Waals surface area contributed by atoms with Crippen molar-refractivity contribution in [2.24, 2.45) is 4.99 Å². The van der Waals surface area contributed by atoms with Crippen molar-refractivity contribution in [1.29, 1.82) is 0 Å². The lowest BCUT2D eigenvalue weighted by Gasteiger charge is -2.33. The molecule has 3 rings (SSSR count). The van der Waals surface area contributed by atoms with Crippen LogP contribution in [0.25, 0.3) is 0 Å². The van der Waals surface area contributed by atoms with E-state index < -0.39 is 12.0 Å². The molecular weight excluding hydrogens is 356 g/mol. The Morgan fingerprint density at radius 2 is 2.12 bits per heavy atom. The van der Waals surface area contributed by atoms with E-state index in [0.29, 0.717) is 33.5 Å². The van der Waals surface area contributed by atoms with E-state index in [4.69, 9.17) is 14.2 Å². The number of aliphatic imine (C=N–C) groups is 1. The molecule has 1 fully saturated rings. The summed E-state index contributed by atoms with van der Waals surface area (Å²) in [5, 5.41) is 0.579. The van der Waals surface area contributed by atoms with Gasteiger partial charge in [-0.05, 0) is 19.9 Å². The SMILES string of the molecule is CCOC(=O)C1=C(C)N=C2SCC(=O)N2[C@@H]1c1cccc(OC)c1OC. The molecule has 0 N–H and O–H groups in total. The minimum atomic E-state index is -0.672. The maximum atomic E-state index is 12.7. The van der Waals surface area contributed by atoms with Gasteiger partial charge in [-0.15, -0.1) is 0 Å². The van der Waals surface area contributed by atoms with Gasteiger partial charge in [-0.2, -0.15) is 0 Å². The van der Waals surface area contributed by atoms with Crippen molar-refractivity contribution in [3.05, 3.63) is 35.0 Å². The lowest BCUT2D eigenvalue weighted by molar-refractivity contribution is -0.139. The van der Waals surface area contributed by atoms with E-state index in [1.54, 1.807) is 38.0 Å². The highest BCUT2D eigenvalue weighted by Gasteiger charge is 2.44. The predicted molar refractivity (Wildman–Crippen MR) is 98.4 cm³/mol. The van der Waals surface area contributed by atoms with Gasteiger partial charge in [-0.3, -0.25) is 9.69 Å². The third-order valence-corrected chi connectivity index (χ3v) is 5.15. The summed E-state index contributed by atoms with van der Waals surface area (Å²) < 4.78 is 16.2. The van der Waals surface area contributed by atoms with E-state index in [9.17, 15) is 9.59 Å². The number of carbonyl (C=O) groups excluding carboxylic acids is 2. The molecule has 0 aromatic heterocycles. The Kier molecular flexibility index (Phi) is 5.22. The molecule has 0 bridgehead atoms. The van der Waals surface area contributed by atoms with Gasteiger partial charge in [0.05, 0.1) is 37.8 Å². The average Bonchev–Trinajstić information content (AvgIpc) is 3.00. The number of amidine groups is 1. The Bertz CT molecular complexity index is 818. The lowest BCUT2D eigenvalue weighted by Crippen LogP contribution is -2.39. The fourth-order valence-electron chi connectivity index (χ4n) is 3.13. The molecule has 1 amide bonds. The number of rotatable bonds is 5. The number of methoxy groups -OCH3 is 2. The van der Waals surface area contributed by atoms with Gasteiger partial charge in [0, 0.05) is 5.56 Å². The van der Waals surface area contributed by atoms with Gasteiger partial charge in [0.25, 0.3) is 0 Å². The summed E-state index contributed by atoms with van der Waals surface area (Å²) in [5.41, 5.74) is 1.52. The first-order chi connectivity index (χ1) is 12.5. The zero-order valence-corrected chi connectivity index (χ0v) is 15.9. The van der Waals surface area contributed by atoms with E-state index in [0.717, 1.165) is 0 Å². The van der Waals surface area contributed by atoms with Crippen LogP contribution in [0, 0.1) is 0 Å². The molecule has 2 heterocycles. The van der Waals surface area contributed by atoms with E-state index in [2.05, 4.69) is 4.99 Å². The largest absolute Gasteiger partial charge is 0.493 e. The van der Waals surface area contributed by atoms with Crippen LogP contribution >= 0.6 is 11.8 Å². The van der Waals surface area contributed by atoms with Crippen LogP contribution in [0.1, 0.15) is 25.5 Å². The van der Waals surface area contributed by atoms with Crippen LogP contribution in [0.3, 0.4) is 0 Å². The molecular formula is C18H20N2O5S. The summed E-state index contributed by atoms with van der Waals surface area (Å²) >= 11 is 1.36. The summed E-state index contributed by atoms with van der Waals surface area (Å²) in [4.78, 5) is 31.2. The Morgan fingerprint density at radius 1 is 1.35 bits per heavy atom. The Balaban J connectivity index is 2.22. The molecule has 1 aromatic carbocycles. The molecule has 1 atom stereocenters. The van der Waals surface area contributed by atoms with E-state index >= 15 is 0 Å². The summed E-state index contributed by atoms with van der Waals surface area (Å²) in [6, 6.07) is 4.71. The highest BCUT2D eigenvalue weighted by Crippen LogP contribution is 2.46. The third kappa shape index (κ3) is 2.94. The fraction of sp³-hybridized carbons (Fsp3) is 0.389. The molecule has 0 radical (unpaired) electrons. The zero-order chi connectivity index (χ0) is 18.8. The molecule has 1 aromatic rings. The van der Waals surface area contributed by atoms with Crippen LogP contribution in [0.2, 0.25) is 0 Å². The van der Waals surface area contributed by atoms with Crippen LogP contribution in [-0.4, -0.2) is 48.5 Å². The Labute approximate surface area is 156 Å². The van der Waals surface area contributed by atoms with Crippen molar-refractivity contribution < 1.29 is 23.8 Å². The van der Waals surface area contributed by atoms with Gasteiger partial charge in [-0.1, -0.05) is 23.9 Å². The number of hydrogen-bond acceptors (Lipinski definition) is 7. The second kappa shape index (κ2) is 7.41. The first-order valence-corrected chi connectivity index (χ1v) is 9.14. The number of amides is 1. The first kappa shape index (κ1) is 18.3. The molecule has 0 aliphatic carbocycles. The third-order valence-electron chi connectivity index (χ3n) is 4.21. The molecule has 2 aliphatic rings. The van der Waals surface area contributed by atoms with E-state index in [1.165, 1.54) is 18.9 Å². The lowest BCUT2D eigenvalue weighted by atomic mass is 9.93. The zero-order valence-electron chi connectivity index (χ0n) is 15.1. The summed E-state index contributed by atoms with van der Waals surface area (Å²) in [6.45, 7) is 3.72. The fourth-order valence-corrected chi connectivity index (χ4v) is 4.07. The number of ether oxygens (including phenoxy) is 3. The first-order valence-electron chi connectivity index (χ1n) is 8.15. The van der Waals surface area contributed by atoms with Gasteiger partial charge in [0.2, 0.25) is 5.91 Å². The minimum Gasteiger partial charge on any atom is -0.493 e. The number of nitrogens with zero attached hydrogens (tertiary/aromatic N) is 2. The van der Waals surface area contributed by atoms with Crippen molar-refractivity contribution in [3.63, 3.8) is 0 Å². The Hall–Kier alpha value is -2.48. The van der Waals surface area contributed by atoms with Crippen molar-refractivity contribution in [3.8, 4) is 11.5 Å². The maximum Gasteiger partial charge on any atom is 0.338 e. The summed E-state index contributed by atoms with van der Waals surface area (Å²) in [7, 11) is 3.07. The summed E-state index contributed by atoms with van der Waals surface area (Å²) in [5.74, 6) is 0.672. The molecule has 138 valence electrons. The molecule has 0 saturated carbocycles. The van der Waals surface area contributed by atoms with Gasteiger partial charge >= 0.3 is 5.97 Å². The summed E-state index contributed by atoms with van der Waals surface area (Å²) in [6.07, 6.45) is 0. The van der Waals surface area contributed by atoms with Crippen molar-refractivity contribution >= 4 is 28.8 Å². The number of hydrogen-bond donors (Lipinski definition) is 0. The molecule has 0 spiro atoms. The topological polar surface area (TPSA) is 77.4 Å². The minimum absolute atomic E-state index is 0.113. The highest BCUT2D eigenvalue weighted by molar-refractivity contribution is 8.15. The normalized spacial score (nSPS) is 19.2. The van der Waals surface area contributed by atoms with Crippen molar-refractivity contribution in [1.82, 2.24) is 4.90 Å². The number of para-hydroxylation sites is 1. The number of thioether (sulfide) groups is 1. The monoisotopic (exact) mass is 376 g/mol. The van der Waals surface area contributed by atoms with Crippen LogP contribution in [0.5, 0.6) is 11.5 Å². The molecule has 0 unspecified atom stereocenters. The van der Waals surface area contributed by atoms with Crippen LogP contribution in [0.15, 0.2) is 34.5 Å². The number of fused-ring (bicyclic) bond motifs is 1. The second-order valence-electron chi connectivity index (χ2n) is 5.65. The smallest absolute Gasteiger partial charge is 0.338 e. The Morgan fingerprint density at radius 3 is 2.77 bits per heavy atom. The number of carbonyl (C=O) groups is 2. The molecule has 2 aliphatic heterocycles. The van der Waals surface area contributed by atoms with Crippen LogP contribution in [-0.2, 0) is 14.3 Å². The number of benzene rings is 1. The van der Waals surface area contributed by atoms with E-state index in [-0.39, 0.29) is 18.3 Å². The van der Waals surface area contributed by atoms with Gasteiger partial charge in [0.1, 0.15) is 6.04 Å². The van der Waals surface area contributed by atoms with Crippen molar-refractivity contribution in [2.45, 2.75) is 19.9 Å². The molecule has 1 saturated heterocycles.